The monoisotopic (exact) mass is 406 g/mol. The molecule has 158 valence electrons. The molecule has 4 unspecified atom stereocenters. The summed E-state index contributed by atoms with van der Waals surface area (Å²) in [5.41, 5.74) is -0.0266. The molecule has 2 aromatic rings. The average Bonchev–Trinajstić information content (AvgIpc) is 2.70. The van der Waals surface area contributed by atoms with E-state index in [1.165, 1.54) is 51.4 Å². The van der Waals surface area contributed by atoms with Crippen molar-refractivity contribution in [1.82, 2.24) is 0 Å². The normalized spacial score (nSPS) is 27.8. The lowest BCUT2D eigenvalue weighted by Gasteiger charge is -2.42. The maximum Gasteiger partial charge on any atom is 0.419 e. The number of hydrogen-bond acceptors (Lipinski definition) is 0. The molecule has 4 atom stereocenters. The minimum Gasteiger partial charge on any atom is -0.206 e. The predicted molar refractivity (Wildman–Crippen MR) is 109 cm³/mol. The number of hydrogen-bond donors (Lipinski definition) is 0. The van der Waals surface area contributed by atoms with E-state index in [9.17, 15) is 17.6 Å². The van der Waals surface area contributed by atoms with Crippen molar-refractivity contribution in [2.24, 2.45) is 17.8 Å². The highest BCUT2D eigenvalue weighted by atomic mass is 19.4. The molecule has 0 aromatic heterocycles. The van der Waals surface area contributed by atoms with E-state index in [1.54, 1.807) is 6.07 Å². The average molecular weight is 407 g/mol. The Bertz CT molecular complexity index is 854. The summed E-state index contributed by atoms with van der Waals surface area (Å²) < 4.78 is 52.9. The van der Waals surface area contributed by atoms with Crippen LogP contribution in [0.15, 0.2) is 30.3 Å². The highest BCUT2D eigenvalue weighted by molar-refractivity contribution is 5.84. The van der Waals surface area contributed by atoms with Gasteiger partial charge in [0.1, 0.15) is 5.82 Å². The number of fused-ring (bicyclic) bond motifs is 2. The van der Waals surface area contributed by atoms with Crippen LogP contribution in [0.3, 0.4) is 0 Å². The lowest BCUT2D eigenvalue weighted by molar-refractivity contribution is -0.139. The fourth-order valence-corrected chi connectivity index (χ4v) is 5.80. The Morgan fingerprint density at radius 2 is 1.66 bits per heavy atom. The highest BCUT2D eigenvalue weighted by Crippen LogP contribution is 2.48. The van der Waals surface area contributed by atoms with E-state index in [-0.39, 0.29) is 0 Å². The van der Waals surface area contributed by atoms with Crippen LogP contribution < -0.4 is 0 Å². The van der Waals surface area contributed by atoms with Crippen LogP contribution in [0.1, 0.15) is 81.8 Å². The second-order valence-electron chi connectivity index (χ2n) is 9.29. The van der Waals surface area contributed by atoms with Crippen LogP contribution in [-0.4, -0.2) is 0 Å². The molecular formula is C25H30F4. The van der Waals surface area contributed by atoms with Crippen LogP contribution in [-0.2, 0) is 6.18 Å². The molecule has 0 amide bonds. The molecule has 0 bridgehead atoms. The highest BCUT2D eigenvalue weighted by Gasteiger charge is 2.36. The molecule has 4 heteroatoms. The lowest BCUT2D eigenvalue weighted by atomic mass is 9.63. The third-order valence-corrected chi connectivity index (χ3v) is 7.41. The lowest BCUT2D eigenvalue weighted by Crippen LogP contribution is -2.30. The third-order valence-electron chi connectivity index (χ3n) is 7.41. The molecule has 0 saturated heterocycles. The van der Waals surface area contributed by atoms with Gasteiger partial charge in [0.25, 0.3) is 0 Å². The molecule has 0 nitrogen and oxygen atoms in total. The Labute approximate surface area is 170 Å². The largest absolute Gasteiger partial charge is 0.419 e. The van der Waals surface area contributed by atoms with Crippen LogP contribution in [0.2, 0.25) is 0 Å². The molecule has 0 N–H and O–H groups in total. The Morgan fingerprint density at radius 3 is 2.41 bits per heavy atom. The van der Waals surface area contributed by atoms with E-state index in [2.05, 4.69) is 6.92 Å². The Balaban J connectivity index is 1.48. The molecule has 2 aliphatic carbocycles. The maximum atomic E-state index is 14.0. The van der Waals surface area contributed by atoms with Crippen molar-refractivity contribution in [2.45, 2.75) is 76.8 Å². The van der Waals surface area contributed by atoms with Crippen molar-refractivity contribution in [2.75, 3.05) is 0 Å². The van der Waals surface area contributed by atoms with Gasteiger partial charge < -0.3 is 0 Å². The summed E-state index contributed by atoms with van der Waals surface area (Å²) in [7, 11) is 0. The molecule has 0 spiro atoms. The minimum atomic E-state index is -4.66. The van der Waals surface area contributed by atoms with Gasteiger partial charge in [0.2, 0.25) is 0 Å². The van der Waals surface area contributed by atoms with Gasteiger partial charge in [-0.1, -0.05) is 50.8 Å². The molecule has 0 aliphatic heterocycles. The summed E-state index contributed by atoms with van der Waals surface area (Å²) in [5, 5.41) is 1.02. The quantitative estimate of drug-likeness (QED) is 0.447. The van der Waals surface area contributed by atoms with Crippen LogP contribution >= 0.6 is 0 Å². The molecule has 0 radical (unpaired) electrons. The van der Waals surface area contributed by atoms with Gasteiger partial charge in [-0.15, -0.1) is 0 Å². The predicted octanol–water partition coefficient (Wildman–Crippen LogP) is 8.49. The number of unbranched alkanes of at least 4 members (excludes halogenated alkanes) is 1. The van der Waals surface area contributed by atoms with Gasteiger partial charge in [-0.2, -0.15) is 13.2 Å². The first kappa shape index (κ1) is 20.7. The van der Waals surface area contributed by atoms with Gasteiger partial charge in [0.15, 0.2) is 0 Å². The van der Waals surface area contributed by atoms with Crippen LogP contribution in [0.4, 0.5) is 17.6 Å². The van der Waals surface area contributed by atoms with Gasteiger partial charge in [-0.25, -0.2) is 4.39 Å². The zero-order valence-electron chi connectivity index (χ0n) is 17.1. The zero-order chi connectivity index (χ0) is 20.6. The maximum absolute atomic E-state index is 14.0. The van der Waals surface area contributed by atoms with Crippen molar-refractivity contribution >= 4 is 10.8 Å². The van der Waals surface area contributed by atoms with Crippen LogP contribution in [0, 0.1) is 23.6 Å². The van der Waals surface area contributed by atoms with E-state index in [0.717, 1.165) is 41.9 Å². The number of benzene rings is 2. The molecule has 29 heavy (non-hydrogen) atoms. The molecular weight excluding hydrogens is 376 g/mol. The second-order valence-corrected chi connectivity index (χ2v) is 9.29. The topological polar surface area (TPSA) is 0 Å². The van der Waals surface area contributed by atoms with Crippen LogP contribution in [0.5, 0.6) is 0 Å². The first-order valence-electron chi connectivity index (χ1n) is 11.2. The van der Waals surface area contributed by atoms with Gasteiger partial charge in [-0.3, -0.25) is 0 Å². The van der Waals surface area contributed by atoms with Crippen LogP contribution in [0.25, 0.3) is 10.8 Å². The van der Waals surface area contributed by atoms with Crippen molar-refractivity contribution in [3.8, 4) is 0 Å². The Morgan fingerprint density at radius 1 is 0.897 bits per heavy atom. The summed E-state index contributed by atoms with van der Waals surface area (Å²) in [6.45, 7) is 2.26. The fraction of sp³-hybridized carbons (Fsp3) is 0.600. The molecule has 4 rings (SSSR count). The van der Waals surface area contributed by atoms with E-state index in [1.807, 2.05) is 12.1 Å². The molecule has 2 saturated carbocycles. The van der Waals surface area contributed by atoms with Crippen molar-refractivity contribution in [3.05, 3.63) is 47.3 Å². The molecule has 2 aromatic carbocycles. The molecule has 2 aliphatic rings. The van der Waals surface area contributed by atoms with Gasteiger partial charge in [0.05, 0.1) is 5.56 Å². The molecule has 2 fully saturated rings. The third kappa shape index (κ3) is 4.46. The standard InChI is InChI=1S/C25H30F4/c1-2-3-4-16-5-6-18-12-19(8-7-17(18)11-16)20-9-10-21-14-23(25(27,28)29)24(26)15-22(21)13-20/h9-10,13-19H,2-8,11-12H2,1H3. The van der Waals surface area contributed by atoms with E-state index in [0.29, 0.717) is 16.7 Å². The van der Waals surface area contributed by atoms with Crippen molar-refractivity contribution < 1.29 is 17.6 Å². The minimum absolute atomic E-state index is 0.443. The zero-order valence-corrected chi connectivity index (χ0v) is 17.1. The first-order valence-corrected chi connectivity index (χ1v) is 11.2. The van der Waals surface area contributed by atoms with E-state index < -0.39 is 17.6 Å². The Kier molecular flexibility index (Phi) is 5.90. The summed E-state index contributed by atoms with van der Waals surface area (Å²) in [5.74, 6) is 1.77. The van der Waals surface area contributed by atoms with Crippen molar-refractivity contribution in [1.29, 1.82) is 0 Å². The van der Waals surface area contributed by atoms with Gasteiger partial charge >= 0.3 is 6.18 Å². The first-order chi connectivity index (χ1) is 13.8. The number of rotatable bonds is 4. The summed E-state index contributed by atoms with van der Waals surface area (Å²) >= 11 is 0. The summed E-state index contributed by atoms with van der Waals surface area (Å²) in [6.07, 6.45) is 6.91. The smallest absolute Gasteiger partial charge is 0.206 e. The molecule has 0 heterocycles. The number of halogens is 4. The van der Waals surface area contributed by atoms with Crippen molar-refractivity contribution in [3.63, 3.8) is 0 Å². The fourth-order valence-electron chi connectivity index (χ4n) is 5.80. The van der Waals surface area contributed by atoms with Gasteiger partial charge in [-0.05, 0) is 84.2 Å². The van der Waals surface area contributed by atoms with Gasteiger partial charge in [0, 0.05) is 0 Å². The Hall–Kier alpha value is -1.58. The summed E-state index contributed by atoms with van der Waals surface area (Å²) in [6, 6.07) is 7.58. The second kappa shape index (κ2) is 8.28. The SMILES string of the molecule is CCCCC1CCC2CC(c3ccc4cc(C(F)(F)F)c(F)cc4c3)CCC2C1. The summed E-state index contributed by atoms with van der Waals surface area (Å²) in [4.78, 5) is 0. The van der Waals surface area contributed by atoms with E-state index >= 15 is 0 Å². The number of alkyl halides is 3. The van der Waals surface area contributed by atoms with E-state index in [4.69, 9.17) is 0 Å².